The Balaban J connectivity index is 1.83. The quantitative estimate of drug-likeness (QED) is 0.576. The lowest BCUT2D eigenvalue weighted by atomic mass is 10.2. The summed E-state index contributed by atoms with van der Waals surface area (Å²) in [4.78, 5) is 17.4. The second-order valence-electron chi connectivity index (χ2n) is 4.49. The van der Waals surface area contributed by atoms with Gasteiger partial charge in [-0.15, -0.1) is 11.3 Å². The molecular formula is C16H11N3O2S2. The van der Waals surface area contributed by atoms with E-state index in [-0.39, 0.29) is 5.57 Å². The minimum Gasteiger partial charge on any atom is -0.497 e. The van der Waals surface area contributed by atoms with Crippen LogP contribution in [-0.2, 0) is 4.79 Å². The van der Waals surface area contributed by atoms with Gasteiger partial charge < -0.3 is 4.74 Å². The number of carbonyl (C=O) groups is 1. The van der Waals surface area contributed by atoms with Crippen molar-refractivity contribution < 1.29 is 9.53 Å². The summed E-state index contributed by atoms with van der Waals surface area (Å²) in [6.45, 7) is 0. The normalized spacial score (nSPS) is 11.2. The Morgan fingerprint density at radius 2 is 2.30 bits per heavy atom. The lowest BCUT2D eigenvalue weighted by Crippen LogP contribution is -2.13. The topological polar surface area (TPSA) is 75.0 Å². The van der Waals surface area contributed by atoms with Gasteiger partial charge in [0.2, 0.25) is 0 Å². The van der Waals surface area contributed by atoms with Gasteiger partial charge in [-0.25, -0.2) is 4.98 Å². The second-order valence-corrected chi connectivity index (χ2v) is 6.50. The van der Waals surface area contributed by atoms with Crippen molar-refractivity contribution in [3.05, 3.63) is 46.2 Å². The van der Waals surface area contributed by atoms with Crippen LogP contribution < -0.4 is 10.1 Å². The van der Waals surface area contributed by atoms with E-state index in [1.807, 2.05) is 41.8 Å². The van der Waals surface area contributed by atoms with Gasteiger partial charge in [0.25, 0.3) is 5.91 Å². The number of amides is 1. The maximum absolute atomic E-state index is 12.2. The Morgan fingerprint density at radius 3 is 3.00 bits per heavy atom. The van der Waals surface area contributed by atoms with Crippen LogP contribution in [0.2, 0.25) is 0 Å². The Morgan fingerprint density at radius 1 is 1.43 bits per heavy atom. The Hall–Kier alpha value is -2.69. The first-order chi connectivity index (χ1) is 11.2. The molecule has 7 heteroatoms. The van der Waals surface area contributed by atoms with Gasteiger partial charge in [-0.1, -0.05) is 17.4 Å². The first-order valence-electron chi connectivity index (χ1n) is 6.61. The molecule has 0 fully saturated rings. The van der Waals surface area contributed by atoms with Crippen LogP contribution in [0.4, 0.5) is 5.13 Å². The van der Waals surface area contributed by atoms with Crippen LogP contribution in [0.1, 0.15) is 4.88 Å². The summed E-state index contributed by atoms with van der Waals surface area (Å²) < 4.78 is 6.07. The molecule has 0 aliphatic rings. The van der Waals surface area contributed by atoms with Crippen molar-refractivity contribution in [3.8, 4) is 11.8 Å². The molecule has 23 heavy (non-hydrogen) atoms. The molecule has 1 amide bonds. The molecule has 0 atom stereocenters. The van der Waals surface area contributed by atoms with E-state index in [1.54, 1.807) is 13.2 Å². The first kappa shape index (κ1) is 15.2. The van der Waals surface area contributed by atoms with Crippen LogP contribution in [0.25, 0.3) is 16.3 Å². The van der Waals surface area contributed by atoms with Crippen LogP contribution in [0.3, 0.4) is 0 Å². The van der Waals surface area contributed by atoms with Gasteiger partial charge in [0.1, 0.15) is 17.4 Å². The summed E-state index contributed by atoms with van der Waals surface area (Å²) in [5, 5.41) is 14.2. The number of anilines is 1. The number of hydrogen-bond acceptors (Lipinski definition) is 6. The number of hydrogen-bond donors (Lipinski definition) is 1. The maximum atomic E-state index is 12.2. The van der Waals surface area contributed by atoms with Gasteiger partial charge in [0, 0.05) is 4.88 Å². The fraction of sp³-hybridized carbons (Fsp3) is 0.0625. The van der Waals surface area contributed by atoms with E-state index in [1.165, 1.54) is 22.7 Å². The van der Waals surface area contributed by atoms with E-state index in [4.69, 9.17) is 4.74 Å². The van der Waals surface area contributed by atoms with Crippen molar-refractivity contribution >= 4 is 50.0 Å². The third kappa shape index (κ3) is 3.39. The lowest BCUT2D eigenvalue weighted by molar-refractivity contribution is -0.112. The highest BCUT2D eigenvalue weighted by atomic mass is 32.1. The molecule has 1 N–H and O–H groups in total. The van der Waals surface area contributed by atoms with Gasteiger partial charge in [-0.3, -0.25) is 10.1 Å². The second kappa shape index (κ2) is 6.60. The summed E-state index contributed by atoms with van der Waals surface area (Å²) in [6.07, 6.45) is 1.57. The van der Waals surface area contributed by atoms with Crippen LogP contribution in [0.15, 0.2) is 41.3 Å². The van der Waals surface area contributed by atoms with Crippen LogP contribution in [-0.4, -0.2) is 18.0 Å². The molecule has 2 aromatic heterocycles. The van der Waals surface area contributed by atoms with E-state index in [0.29, 0.717) is 5.13 Å². The van der Waals surface area contributed by atoms with Crippen molar-refractivity contribution in [3.63, 3.8) is 0 Å². The summed E-state index contributed by atoms with van der Waals surface area (Å²) in [7, 11) is 1.60. The van der Waals surface area contributed by atoms with Gasteiger partial charge >= 0.3 is 0 Å². The van der Waals surface area contributed by atoms with Crippen molar-refractivity contribution in [1.29, 1.82) is 5.26 Å². The summed E-state index contributed by atoms with van der Waals surface area (Å²) in [5.41, 5.74) is 0.816. The lowest BCUT2D eigenvalue weighted by Gasteiger charge is -1.98. The molecule has 0 bridgehead atoms. The number of methoxy groups -OCH3 is 1. The van der Waals surface area contributed by atoms with E-state index < -0.39 is 5.91 Å². The molecule has 0 saturated heterocycles. The molecule has 0 saturated carbocycles. The van der Waals surface area contributed by atoms with Crippen LogP contribution in [0.5, 0.6) is 5.75 Å². The smallest absolute Gasteiger partial charge is 0.268 e. The number of ether oxygens (including phenoxy) is 1. The molecule has 3 aromatic rings. The fourth-order valence-corrected chi connectivity index (χ4v) is 3.46. The third-order valence-electron chi connectivity index (χ3n) is 3.01. The van der Waals surface area contributed by atoms with Gasteiger partial charge in [0.05, 0.1) is 17.3 Å². The molecule has 3 rings (SSSR count). The highest BCUT2D eigenvalue weighted by molar-refractivity contribution is 7.22. The van der Waals surface area contributed by atoms with E-state index in [2.05, 4.69) is 10.3 Å². The highest BCUT2D eigenvalue weighted by Gasteiger charge is 2.13. The third-order valence-corrected chi connectivity index (χ3v) is 4.76. The number of aromatic nitrogens is 1. The molecule has 114 valence electrons. The SMILES string of the molecule is COc1ccc2nc(NC(=O)/C(C#N)=C\c3cccs3)sc2c1. The zero-order valence-corrected chi connectivity index (χ0v) is 13.7. The van der Waals surface area contributed by atoms with Gasteiger partial charge in [-0.2, -0.15) is 5.26 Å². The molecule has 5 nitrogen and oxygen atoms in total. The minimum absolute atomic E-state index is 0.0456. The fourth-order valence-electron chi connectivity index (χ4n) is 1.91. The Kier molecular flexibility index (Phi) is 4.37. The molecular weight excluding hydrogens is 330 g/mol. The summed E-state index contributed by atoms with van der Waals surface area (Å²) in [6, 6.07) is 11.1. The molecule has 0 radical (unpaired) electrons. The van der Waals surface area contributed by atoms with Crippen molar-refractivity contribution in [2.45, 2.75) is 0 Å². The number of nitriles is 1. The predicted molar refractivity (Wildman–Crippen MR) is 92.7 cm³/mol. The number of thiophene rings is 1. The van der Waals surface area contributed by atoms with E-state index in [9.17, 15) is 10.1 Å². The summed E-state index contributed by atoms with van der Waals surface area (Å²) >= 11 is 2.80. The van der Waals surface area contributed by atoms with Crippen LogP contribution in [0, 0.1) is 11.3 Å². The standard InChI is InChI=1S/C16H11N3O2S2/c1-21-11-4-5-13-14(8-11)23-16(18-13)19-15(20)10(9-17)7-12-3-2-6-22-12/h2-8H,1H3,(H,18,19,20)/b10-7-. The monoisotopic (exact) mass is 341 g/mol. The number of thiazole rings is 1. The molecule has 0 spiro atoms. The van der Waals surface area contributed by atoms with Gasteiger partial charge in [-0.05, 0) is 35.7 Å². The number of rotatable bonds is 4. The molecule has 2 heterocycles. The van der Waals surface area contributed by atoms with Gasteiger partial charge in [0.15, 0.2) is 5.13 Å². The number of carbonyl (C=O) groups excluding carboxylic acids is 1. The minimum atomic E-state index is -0.466. The summed E-state index contributed by atoms with van der Waals surface area (Å²) in [5.74, 6) is 0.265. The average molecular weight is 341 g/mol. The maximum Gasteiger partial charge on any atom is 0.268 e. The highest BCUT2D eigenvalue weighted by Crippen LogP contribution is 2.29. The first-order valence-corrected chi connectivity index (χ1v) is 8.30. The molecule has 0 aliphatic heterocycles. The number of nitrogens with one attached hydrogen (secondary N) is 1. The number of benzene rings is 1. The Labute approximate surface area is 140 Å². The van der Waals surface area contributed by atoms with E-state index in [0.717, 1.165) is 20.8 Å². The van der Waals surface area contributed by atoms with Crippen molar-refractivity contribution in [2.24, 2.45) is 0 Å². The predicted octanol–water partition coefficient (Wildman–Crippen LogP) is 3.91. The number of nitrogens with zero attached hydrogens (tertiary/aromatic N) is 2. The average Bonchev–Trinajstić information content (AvgIpc) is 3.20. The van der Waals surface area contributed by atoms with Crippen LogP contribution >= 0.6 is 22.7 Å². The largest absolute Gasteiger partial charge is 0.497 e. The molecule has 0 aliphatic carbocycles. The Bertz CT molecular complexity index is 921. The number of fused-ring (bicyclic) bond motifs is 1. The van der Waals surface area contributed by atoms with E-state index >= 15 is 0 Å². The molecule has 0 unspecified atom stereocenters. The molecule has 1 aromatic carbocycles. The zero-order chi connectivity index (χ0) is 16.2. The van der Waals surface area contributed by atoms with Crippen molar-refractivity contribution in [1.82, 2.24) is 4.98 Å². The zero-order valence-electron chi connectivity index (χ0n) is 12.1. The van der Waals surface area contributed by atoms with Crippen molar-refractivity contribution in [2.75, 3.05) is 12.4 Å².